The van der Waals surface area contributed by atoms with E-state index >= 15 is 0 Å². The first kappa shape index (κ1) is 16.2. The molecule has 1 aromatic rings. The first-order valence-electron chi connectivity index (χ1n) is 8.74. The van der Waals surface area contributed by atoms with Crippen LogP contribution in [-0.4, -0.2) is 54.2 Å². The Labute approximate surface area is 138 Å². The summed E-state index contributed by atoms with van der Waals surface area (Å²) in [6.45, 7) is 5.60. The van der Waals surface area contributed by atoms with Crippen molar-refractivity contribution in [3.63, 3.8) is 0 Å². The van der Waals surface area contributed by atoms with Crippen LogP contribution in [0.3, 0.4) is 0 Å². The quantitative estimate of drug-likeness (QED) is 0.802. The van der Waals surface area contributed by atoms with Crippen molar-refractivity contribution >= 4 is 11.7 Å². The number of hydrogen-bond donors (Lipinski definition) is 0. The lowest BCUT2D eigenvalue weighted by Crippen LogP contribution is -2.51. The van der Waals surface area contributed by atoms with Gasteiger partial charge in [0.2, 0.25) is 5.91 Å². The predicted molar refractivity (Wildman–Crippen MR) is 90.5 cm³/mol. The summed E-state index contributed by atoms with van der Waals surface area (Å²) in [5, 5.41) is 0. The Morgan fingerprint density at radius 3 is 2.22 bits per heavy atom. The Morgan fingerprint density at radius 2 is 1.61 bits per heavy atom. The molecule has 23 heavy (non-hydrogen) atoms. The molecule has 0 bridgehead atoms. The number of benzene rings is 1. The molecule has 1 saturated carbocycles. The zero-order valence-corrected chi connectivity index (χ0v) is 14.0. The molecule has 2 fully saturated rings. The summed E-state index contributed by atoms with van der Waals surface area (Å²) < 4.78 is 0. The Balaban J connectivity index is 1.48. The van der Waals surface area contributed by atoms with E-state index in [1.165, 1.54) is 18.4 Å². The standard InChI is InChI=1S/C19H26N2O2/c1-15-6-8-16(9-7-15)18(22)14-20-10-12-21(13-11-20)19(23)17-4-2-3-5-17/h6-9,17H,2-5,10-14H2,1H3. The summed E-state index contributed by atoms with van der Waals surface area (Å²) in [5.74, 6) is 0.767. The van der Waals surface area contributed by atoms with Crippen molar-refractivity contribution in [3.05, 3.63) is 35.4 Å². The van der Waals surface area contributed by atoms with Gasteiger partial charge in [0.05, 0.1) is 6.54 Å². The molecule has 0 unspecified atom stereocenters. The van der Waals surface area contributed by atoms with Crippen LogP contribution in [0.25, 0.3) is 0 Å². The summed E-state index contributed by atoms with van der Waals surface area (Å²) in [6, 6.07) is 7.76. The van der Waals surface area contributed by atoms with Crippen molar-refractivity contribution in [2.24, 2.45) is 5.92 Å². The molecule has 4 nitrogen and oxygen atoms in total. The highest BCUT2D eigenvalue weighted by molar-refractivity contribution is 5.97. The van der Waals surface area contributed by atoms with E-state index in [-0.39, 0.29) is 11.7 Å². The molecule has 0 atom stereocenters. The van der Waals surface area contributed by atoms with Crippen LogP contribution in [0, 0.1) is 12.8 Å². The van der Waals surface area contributed by atoms with E-state index in [1.54, 1.807) is 0 Å². The highest BCUT2D eigenvalue weighted by Crippen LogP contribution is 2.26. The van der Waals surface area contributed by atoms with Gasteiger partial charge in [-0.1, -0.05) is 42.7 Å². The zero-order chi connectivity index (χ0) is 16.2. The lowest BCUT2D eigenvalue weighted by molar-refractivity contribution is -0.137. The highest BCUT2D eigenvalue weighted by Gasteiger charge is 2.29. The van der Waals surface area contributed by atoms with E-state index < -0.39 is 0 Å². The fraction of sp³-hybridized carbons (Fsp3) is 0.579. The maximum Gasteiger partial charge on any atom is 0.225 e. The molecule has 1 aromatic carbocycles. The van der Waals surface area contributed by atoms with Gasteiger partial charge in [-0.2, -0.15) is 0 Å². The molecular formula is C19H26N2O2. The van der Waals surface area contributed by atoms with Crippen molar-refractivity contribution in [2.45, 2.75) is 32.6 Å². The van der Waals surface area contributed by atoms with Gasteiger partial charge in [-0.25, -0.2) is 0 Å². The number of aryl methyl sites for hydroxylation is 1. The number of carbonyl (C=O) groups excluding carboxylic acids is 2. The molecule has 1 saturated heterocycles. The van der Waals surface area contributed by atoms with E-state index in [2.05, 4.69) is 4.90 Å². The van der Waals surface area contributed by atoms with Crippen LogP contribution in [0.2, 0.25) is 0 Å². The molecule has 0 N–H and O–H groups in total. The van der Waals surface area contributed by atoms with Crippen LogP contribution in [0.4, 0.5) is 0 Å². The third-order valence-corrected chi connectivity index (χ3v) is 5.13. The SMILES string of the molecule is Cc1ccc(C(=O)CN2CCN(C(=O)C3CCCC3)CC2)cc1. The van der Waals surface area contributed by atoms with Gasteiger partial charge < -0.3 is 4.90 Å². The van der Waals surface area contributed by atoms with Gasteiger partial charge in [-0.05, 0) is 19.8 Å². The maximum absolute atomic E-state index is 12.4. The van der Waals surface area contributed by atoms with E-state index in [0.717, 1.165) is 44.6 Å². The van der Waals surface area contributed by atoms with E-state index in [9.17, 15) is 9.59 Å². The van der Waals surface area contributed by atoms with Crippen molar-refractivity contribution in [2.75, 3.05) is 32.7 Å². The molecule has 1 aliphatic heterocycles. The highest BCUT2D eigenvalue weighted by atomic mass is 16.2. The van der Waals surface area contributed by atoms with E-state index in [0.29, 0.717) is 12.5 Å². The van der Waals surface area contributed by atoms with Gasteiger partial charge in [0.15, 0.2) is 5.78 Å². The molecule has 1 aliphatic carbocycles. The number of nitrogens with zero attached hydrogens (tertiary/aromatic N) is 2. The molecule has 0 aromatic heterocycles. The monoisotopic (exact) mass is 314 g/mol. The van der Waals surface area contributed by atoms with Gasteiger partial charge in [0.25, 0.3) is 0 Å². The van der Waals surface area contributed by atoms with Crippen LogP contribution in [0.5, 0.6) is 0 Å². The second-order valence-corrected chi connectivity index (χ2v) is 6.87. The smallest absolute Gasteiger partial charge is 0.225 e. The number of piperazine rings is 1. The van der Waals surface area contributed by atoms with Crippen molar-refractivity contribution in [1.82, 2.24) is 9.80 Å². The molecule has 4 heteroatoms. The van der Waals surface area contributed by atoms with Crippen LogP contribution in [-0.2, 0) is 4.79 Å². The number of Topliss-reactive ketones (excluding diaryl/α,β-unsaturated/α-hetero) is 1. The minimum absolute atomic E-state index is 0.167. The average Bonchev–Trinajstić information content (AvgIpc) is 3.10. The first-order chi connectivity index (χ1) is 11.1. The fourth-order valence-corrected chi connectivity index (χ4v) is 3.59. The van der Waals surface area contributed by atoms with Crippen LogP contribution in [0.15, 0.2) is 24.3 Å². The molecule has 124 valence electrons. The molecule has 1 heterocycles. The lowest BCUT2D eigenvalue weighted by atomic mass is 10.1. The van der Waals surface area contributed by atoms with Gasteiger partial charge in [-0.3, -0.25) is 14.5 Å². The van der Waals surface area contributed by atoms with Gasteiger partial charge in [0, 0.05) is 37.7 Å². The largest absolute Gasteiger partial charge is 0.340 e. The summed E-state index contributed by atoms with van der Waals surface area (Å²) >= 11 is 0. The van der Waals surface area contributed by atoms with Crippen LogP contribution >= 0.6 is 0 Å². The minimum atomic E-state index is 0.167. The average molecular weight is 314 g/mol. The lowest BCUT2D eigenvalue weighted by Gasteiger charge is -2.35. The van der Waals surface area contributed by atoms with E-state index in [4.69, 9.17) is 0 Å². The third kappa shape index (κ3) is 3.99. The van der Waals surface area contributed by atoms with Crippen molar-refractivity contribution in [3.8, 4) is 0 Å². The second-order valence-electron chi connectivity index (χ2n) is 6.87. The van der Waals surface area contributed by atoms with Crippen LogP contribution in [0.1, 0.15) is 41.6 Å². The topological polar surface area (TPSA) is 40.6 Å². The Morgan fingerprint density at radius 1 is 1.00 bits per heavy atom. The van der Waals surface area contributed by atoms with Gasteiger partial charge in [-0.15, -0.1) is 0 Å². The summed E-state index contributed by atoms with van der Waals surface area (Å²) in [5.41, 5.74) is 1.95. The zero-order valence-electron chi connectivity index (χ0n) is 14.0. The van der Waals surface area contributed by atoms with Gasteiger partial charge >= 0.3 is 0 Å². The van der Waals surface area contributed by atoms with E-state index in [1.807, 2.05) is 36.1 Å². The Bertz CT molecular complexity index is 553. The number of rotatable bonds is 4. The molecular weight excluding hydrogens is 288 g/mol. The summed E-state index contributed by atoms with van der Waals surface area (Å²) in [7, 11) is 0. The maximum atomic E-state index is 12.4. The van der Waals surface area contributed by atoms with Crippen LogP contribution < -0.4 is 0 Å². The summed E-state index contributed by atoms with van der Waals surface area (Å²) in [6.07, 6.45) is 4.51. The molecule has 2 aliphatic rings. The first-order valence-corrected chi connectivity index (χ1v) is 8.74. The third-order valence-electron chi connectivity index (χ3n) is 5.13. The minimum Gasteiger partial charge on any atom is -0.340 e. The fourth-order valence-electron chi connectivity index (χ4n) is 3.59. The number of amides is 1. The molecule has 0 radical (unpaired) electrons. The van der Waals surface area contributed by atoms with Gasteiger partial charge in [0.1, 0.15) is 0 Å². The predicted octanol–water partition coefficient (Wildman–Crippen LogP) is 2.51. The van der Waals surface area contributed by atoms with Crippen molar-refractivity contribution < 1.29 is 9.59 Å². The number of hydrogen-bond acceptors (Lipinski definition) is 3. The Hall–Kier alpha value is -1.68. The number of ketones is 1. The number of carbonyl (C=O) groups is 2. The van der Waals surface area contributed by atoms with Crippen molar-refractivity contribution in [1.29, 1.82) is 0 Å². The summed E-state index contributed by atoms with van der Waals surface area (Å²) in [4.78, 5) is 28.9. The normalized spacial score (nSPS) is 20.0. The molecule has 1 amide bonds. The second kappa shape index (κ2) is 7.26. The molecule has 0 spiro atoms. The Kier molecular flexibility index (Phi) is 5.11. The molecule has 3 rings (SSSR count).